The molecule has 0 aliphatic carbocycles. The number of methoxy groups -OCH3 is 2. The summed E-state index contributed by atoms with van der Waals surface area (Å²) in [7, 11) is 3.04. The van der Waals surface area contributed by atoms with E-state index in [4.69, 9.17) is 4.74 Å². The monoisotopic (exact) mass is 251 g/mol. The maximum atomic E-state index is 11.4. The number of rotatable bonds is 4. The average Bonchev–Trinajstić information content (AvgIpc) is 2.87. The molecule has 0 aromatic carbocycles. The second kappa shape index (κ2) is 5.77. The molecule has 1 aliphatic rings. The van der Waals surface area contributed by atoms with Crippen molar-refractivity contribution in [2.75, 3.05) is 38.8 Å². The zero-order valence-electron chi connectivity index (χ0n) is 10.6. The zero-order valence-corrected chi connectivity index (χ0v) is 10.6. The number of nitrogens with zero attached hydrogens (tertiary/aromatic N) is 3. The van der Waals surface area contributed by atoms with Crippen molar-refractivity contribution in [2.45, 2.75) is 6.42 Å². The van der Waals surface area contributed by atoms with E-state index in [9.17, 15) is 4.79 Å². The summed E-state index contributed by atoms with van der Waals surface area (Å²) in [6.07, 6.45) is 4.15. The molecule has 2 rings (SSSR count). The van der Waals surface area contributed by atoms with Gasteiger partial charge in [0, 0.05) is 26.1 Å². The van der Waals surface area contributed by atoms with E-state index in [2.05, 4.69) is 19.6 Å². The van der Waals surface area contributed by atoms with Gasteiger partial charge in [-0.2, -0.15) is 0 Å². The van der Waals surface area contributed by atoms with Crippen LogP contribution in [0.25, 0.3) is 0 Å². The molecule has 1 aromatic heterocycles. The number of carbonyl (C=O) groups is 1. The summed E-state index contributed by atoms with van der Waals surface area (Å²) in [6, 6.07) is 0. The summed E-state index contributed by atoms with van der Waals surface area (Å²) in [5.74, 6) is 0.770. The highest BCUT2D eigenvalue weighted by atomic mass is 16.5. The average molecular weight is 251 g/mol. The SMILES string of the molecule is COCC1CCN(c2cncc(C(=O)OC)n2)C1. The van der Waals surface area contributed by atoms with Crippen molar-refractivity contribution in [1.82, 2.24) is 9.97 Å². The summed E-state index contributed by atoms with van der Waals surface area (Å²) < 4.78 is 9.79. The predicted octanol–water partition coefficient (Wildman–Crippen LogP) is 0.736. The molecule has 1 atom stereocenters. The van der Waals surface area contributed by atoms with Gasteiger partial charge in [-0.05, 0) is 6.42 Å². The number of hydrogen-bond acceptors (Lipinski definition) is 6. The quantitative estimate of drug-likeness (QED) is 0.735. The van der Waals surface area contributed by atoms with Crippen molar-refractivity contribution in [2.24, 2.45) is 5.92 Å². The topological polar surface area (TPSA) is 64.5 Å². The Labute approximate surface area is 106 Å². The third-order valence-corrected chi connectivity index (χ3v) is 3.03. The first kappa shape index (κ1) is 12.8. The molecule has 0 amide bonds. The van der Waals surface area contributed by atoms with E-state index < -0.39 is 5.97 Å². The lowest BCUT2D eigenvalue weighted by atomic mass is 10.1. The molecule has 1 saturated heterocycles. The van der Waals surface area contributed by atoms with Crippen LogP contribution in [0.2, 0.25) is 0 Å². The van der Waals surface area contributed by atoms with Gasteiger partial charge in [-0.15, -0.1) is 0 Å². The Balaban J connectivity index is 2.08. The zero-order chi connectivity index (χ0) is 13.0. The van der Waals surface area contributed by atoms with Crippen LogP contribution in [0.5, 0.6) is 0 Å². The minimum Gasteiger partial charge on any atom is -0.464 e. The molecule has 18 heavy (non-hydrogen) atoms. The second-order valence-corrected chi connectivity index (χ2v) is 4.31. The third kappa shape index (κ3) is 2.76. The van der Waals surface area contributed by atoms with Gasteiger partial charge in [0.2, 0.25) is 0 Å². The van der Waals surface area contributed by atoms with E-state index in [1.165, 1.54) is 13.3 Å². The highest BCUT2D eigenvalue weighted by molar-refractivity contribution is 5.87. The van der Waals surface area contributed by atoms with E-state index in [1.807, 2.05) is 0 Å². The van der Waals surface area contributed by atoms with Gasteiger partial charge in [-0.3, -0.25) is 4.98 Å². The third-order valence-electron chi connectivity index (χ3n) is 3.03. The highest BCUT2D eigenvalue weighted by Crippen LogP contribution is 2.21. The van der Waals surface area contributed by atoms with E-state index >= 15 is 0 Å². The van der Waals surface area contributed by atoms with Crippen LogP contribution in [0.15, 0.2) is 12.4 Å². The number of esters is 1. The number of ether oxygens (including phenoxy) is 2. The van der Waals surface area contributed by atoms with Crippen molar-refractivity contribution < 1.29 is 14.3 Å². The first-order chi connectivity index (χ1) is 8.74. The van der Waals surface area contributed by atoms with Crippen molar-refractivity contribution in [1.29, 1.82) is 0 Å². The number of carbonyl (C=O) groups excluding carboxylic acids is 1. The van der Waals surface area contributed by atoms with Gasteiger partial charge in [0.15, 0.2) is 5.69 Å². The molecule has 1 unspecified atom stereocenters. The maximum absolute atomic E-state index is 11.4. The van der Waals surface area contributed by atoms with Gasteiger partial charge in [0.25, 0.3) is 0 Å². The lowest BCUT2D eigenvalue weighted by Crippen LogP contribution is -2.23. The summed E-state index contributed by atoms with van der Waals surface area (Å²) in [5, 5.41) is 0. The summed E-state index contributed by atoms with van der Waals surface area (Å²) in [4.78, 5) is 21.8. The highest BCUT2D eigenvalue weighted by Gasteiger charge is 2.24. The molecule has 0 N–H and O–H groups in total. The Morgan fingerprint density at radius 1 is 1.50 bits per heavy atom. The summed E-state index contributed by atoms with van der Waals surface area (Å²) in [6.45, 7) is 2.54. The number of anilines is 1. The summed E-state index contributed by atoms with van der Waals surface area (Å²) >= 11 is 0. The number of aromatic nitrogens is 2. The minimum absolute atomic E-state index is 0.241. The lowest BCUT2D eigenvalue weighted by Gasteiger charge is -2.17. The van der Waals surface area contributed by atoms with Crippen LogP contribution in [0.3, 0.4) is 0 Å². The molecular formula is C12H17N3O3. The standard InChI is InChI=1S/C12H17N3O3/c1-17-8-9-3-4-15(7-9)11-6-13-5-10(14-11)12(16)18-2/h5-6,9H,3-4,7-8H2,1-2H3. The minimum atomic E-state index is -0.461. The van der Waals surface area contributed by atoms with Crippen LogP contribution in [0.4, 0.5) is 5.82 Å². The maximum Gasteiger partial charge on any atom is 0.358 e. The molecule has 1 aromatic rings. The molecule has 6 nitrogen and oxygen atoms in total. The van der Waals surface area contributed by atoms with E-state index in [0.29, 0.717) is 5.92 Å². The Morgan fingerprint density at radius 3 is 3.06 bits per heavy atom. The number of hydrogen-bond donors (Lipinski definition) is 0. The van der Waals surface area contributed by atoms with Crippen LogP contribution < -0.4 is 4.90 Å². The fraction of sp³-hybridized carbons (Fsp3) is 0.583. The van der Waals surface area contributed by atoms with Crippen molar-refractivity contribution in [3.05, 3.63) is 18.1 Å². The van der Waals surface area contributed by atoms with Crippen LogP contribution in [-0.2, 0) is 9.47 Å². The van der Waals surface area contributed by atoms with E-state index in [0.717, 1.165) is 31.9 Å². The van der Waals surface area contributed by atoms with Crippen molar-refractivity contribution in [3.63, 3.8) is 0 Å². The van der Waals surface area contributed by atoms with E-state index in [1.54, 1.807) is 13.3 Å². The van der Waals surface area contributed by atoms with Crippen LogP contribution in [0, 0.1) is 5.92 Å². The van der Waals surface area contributed by atoms with Crippen LogP contribution in [-0.4, -0.2) is 49.9 Å². The molecule has 0 saturated carbocycles. The Bertz CT molecular complexity index is 425. The Kier molecular flexibility index (Phi) is 4.09. The molecule has 0 bridgehead atoms. The molecule has 1 fully saturated rings. The Morgan fingerprint density at radius 2 is 2.33 bits per heavy atom. The molecule has 6 heteroatoms. The van der Waals surface area contributed by atoms with E-state index in [-0.39, 0.29) is 5.69 Å². The predicted molar refractivity (Wildman–Crippen MR) is 65.6 cm³/mol. The van der Waals surface area contributed by atoms with Crippen molar-refractivity contribution in [3.8, 4) is 0 Å². The molecular weight excluding hydrogens is 234 g/mol. The largest absolute Gasteiger partial charge is 0.464 e. The normalized spacial score (nSPS) is 19.0. The first-order valence-electron chi connectivity index (χ1n) is 5.89. The van der Waals surface area contributed by atoms with Crippen molar-refractivity contribution >= 4 is 11.8 Å². The first-order valence-corrected chi connectivity index (χ1v) is 5.89. The smallest absolute Gasteiger partial charge is 0.358 e. The lowest BCUT2D eigenvalue weighted by molar-refractivity contribution is 0.0593. The Hall–Kier alpha value is -1.69. The van der Waals surface area contributed by atoms with Gasteiger partial charge in [0.05, 0.1) is 26.1 Å². The molecule has 98 valence electrons. The fourth-order valence-electron chi connectivity index (χ4n) is 2.12. The van der Waals surface area contributed by atoms with Gasteiger partial charge in [-0.1, -0.05) is 0 Å². The van der Waals surface area contributed by atoms with Gasteiger partial charge < -0.3 is 14.4 Å². The molecule has 2 heterocycles. The molecule has 0 spiro atoms. The van der Waals surface area contributed by atoms with Crippen LogP contribution in [0.1, 0.15) is 16.9 Å². The van der Waals surface area contributed by atoms with Crippen LogP contribution >= 0.6 is 0 Å². The van der Waals surface area contributed by atoms with Gasteiger partial charge in [0.1, 0.15) is 5.82 Å². The molecule has 0 radical (unpaired) electrons. The second-order valence-electron chi connectivity index (χ2n) is 4.31. The van der Waals surface area contributed by atoms with Gasteiger partial charge in [-0.25, -0.2) is 9.78 Å². The summed E-state index contributed by atoms with van der Waals surface area (Å²) in [5.41, 5.74) is 0.241. The van der Waals surface area contributed by atoms with Gasteiger partial charge >= 0.3 is 5.97 Å². The fourth-order valence-corrected chi connectivity index (χ4v) is 2.12. The molecule has 1 aliphatic heterocycles.